The predicted molar refractivity (Wildman–Crippen MR) is 87.7 cm³/mol. The quantitative estimate of drug-likeness (QED) is 0.508. The second-order valence-electron chi connectivity index (χ2n) is 4.99. The number of hydrogen-bond donors (Lipinski definition) is 3. The second kappa shape index (κ2) is 5.73. The Balaban J connectivity index is 1.76. The molecule has 3 N–H and O–H groups in total. The number of aromatic nitrogens is 1. The molecule has 0 radical (unpaired) electrons. The standard InChI is InChI=1S/C17H15N3O2/c1-11-3-2-4-15-13(9-18-16(11)15)10-19-20-14-7-5-12(6-8-14)17(21)22/h2-10,18,20H,1H3,(H,21,22)/b19-10+. The van der Waals surface area contributed by atoms with Crippen LogP contribution >= 0.6 is 0 Å². The number of H-pyrrole nitrogens is 1. The molecule has 3 rings (SSSR count). The number of carboxylic acid groups (broad SMARTS) is 1. The van der Waals surface area contributed by atoms with Gasteiger partial charge in [-0.2, -0.15) is 5.10 Å². The Labute approximate surface area is 127 Å². The van der Waals surface area contributed by atoms with Crippen molar-refractivity contribution in [1.29, 1.82) is 0 Å². The normalized spacial score (nSPS) is 11.1. The van der Waals surface area contributed by atoms with Gasteiger partial charge in [0.05, 0.1) is 17.5 Å². The molecular weight excluding hydrogens is 278 g/mol. The maximum Gasteiger partial charge on any atom is 0.335 e. The minimum atomic E-state index is -0.941. The molecule has 0 saturated heterocycles. The van der Waals surface area contributed by atoms with Gasteiger partial charge in [0.1, 0.15) is 0 Å². The van der Waals surface area contributed by atoms with Crippen molar-refractivity contribution in [2.24, 2.45) is 5.10 Å². The number of anilines is 1. The van der Waals surface area contributed by atoms with E-state index in [0.29, 0.717) is 0 Å². The minimum Gasteiger partial charge on any atom is -0.478 e. The highest BCUT2D eigenvalue weighted by Gasteiger charge is 2.03. The van der Waals surface area contributed by atoms with Crippen LogP contribution in [-0.4, -0.2) is 22.3 Å². The third-order valence-corrected chi connectivity index (χ3v) is 3.48. The van der Waals surface area contributed by atoms with Gasteiger partial charge < -0.3 is 10.1 Å². The highest BCUT2D eigenvalue weighted by atomic mass is 16.4. The topological polar surface area (TPSA) is 77.5 Å². The molecule has 0 atom stereocenters. The molecule has 5 heteroatoms. The summed E-state index contributed by atoms with van der Waals surface area (Å²) in [5, 5.41) is 14.2. The zero-order chi connectivity index (χ0) is 15.5. The molecule has 0 fully saturated rings. The molecule has 1 heterocycles. The van der Waals surface area contributed by atoms with E-state index in [2.05, 4.69) is 28.5 Å². The average Bonchev–Trinajstić information content (AvgIpc) is 2.93. The van der Waals surface area contributed by atoms with Crippen LogP contribution in [0, 0.1) is 6.92 Å². The fourth-order valence-electron chi connectivity index (χ4n) is 2.30. The number of hydrogen-bond acceptors (Lipinski definition) is 3. The van der Waals surface area contributed by atoms with E-state index in [1.165, 1.54) is 17.7 Å². The Morgan fingerprint density at radius 1 is 1.23 bits per heavy atom. The van der Waals surface area contributed by atoms with Crippen molar-refractivity contribution in [3.8, 4) is 0 Å². The Kier molecular flexibility index (Phi) is 3.62. The van der Waals surface area contributed by atoms with Crippen LogP contribution in [0.1, 0.15) is 21.5 Å². The number of rotatable bonds is 4. The van der Waals surface area contributed by atoms with Crippen LogP contribution in [0.25, 0.3) is 10.9 Å². The summed E-state index contributed by atoms with van der Waals surface area (Å²) in [5.41, 5.74) is 7.17. The lowest BCUT2D eigenvalue weighted by Gasteiger charge is -2.00. The summed E-state index contributed by atoms with van der Waals surface area (Å²) in [5.74, 6) is -0.941. The van der Waals surface area contributed by atoms with Gasteiger partial charge in [-0.15, -0.1) is 0 Å². The summed E-state index contributed by atoms with van der Waals surface area (Å²) >= 11 is 0. The fraction of sp³-hybridized carbons (Fsp3) is 0.0588. The third-order valence-electron chi connectivity index (χ3n) is 3.48. The Bertz CT molecular complexity index is 848. The number of aryl methyl sites for hydroxylation is 1. The van der Waals surface area contributed by atoms with Crippen LogP contribution in [0.5, 0.6) is 0 Å². The lowest BCUT2D eigenvalue weighted by atomic mass is 10.1. The highest BCUT2D eigenvalue weighted by Crippen LogP contribution is 2.19. The minimum absolute atomic E-state index is 0.252. The zero-order valence-electron chi connectivity index (χ0n) is 12.0. The number of aromatic carboxylic acids is 1. The first-order valence-corrected chi connectivity index (χ1v) is 6.84. The van der Waals surface area contributed by atoms with Crippen molar-refractivity contribution in [2.75, 3.05) is 5.43 Å². The van der Waals surface area contributed by atoms with E-state index in [9.17, 15) is 4.79 Å². The van der Waals surface area contributed by atoms with Gasteiger partial charge in [-0.05, 0) is 36.8 Å². The van der Waals surface area contributed by atoms with E-state index in [-0.39, 0.29) is 5.56 Å². The van der Waals surface area contributed by atoms with Gasteiger partial charge in [-0.25, -0.2) is 4.79 Å². The number of carbonyl (C=O) groups is 1. The van der Waals surface area contributed by atoms with Crippen LogP contribution in [0.2, 0.25) is 0 Å². The first kappa shape index (κ1) is 13.9. The maximum atomic E-state index is 10.8. The monoisotopic (exact) mass is 293 g/mol. The fourth-order valence-corrected chi connectivity index (χ4v) is 2.30. The molecule has 2 aromatic carbocycles. The number of fused-ring (bicyclic) bond motifs is 1. The maximum absolute atomic E-state index is 10.8. The van der Waals surface area contributed by atoms with Gasteiger partial charge >= 0.3 is 5.97 Å². The van der Waals surface area contributed by atoms with E-state index in [1.807, 2.05) is 18.3 Å². The van der Waals surface area contributed by atoms with Crippen molar-refractivity contribution in [2.45, 2.75) is 6.92 Å². The third kappa shape index (κ3) is 2.69. The first-order chi connectivity index (χ1) is 10.6. The predicted octanol–water partition coefficient (Wildman–Crippen LogP) is 3.62. The van der Waals surface area contributed by atoms with Crippen molar-refractivity contribution in [3.63, 3.8) is 0 Å². The van der Waals surface area contributed by atoms with E-state index < -0.39 is 5.97 Å². The molecule has 0 spiro atoms. The molecule has 5 nitrogen and oxygen atoms in total. The van der Waals surface area contributed by atoms with Crippen molar-refractivity contribution in [1.82, 2.24) is 4.98 Å². The Morgan fingerprint density at radius 2 is 2.00 bits per heavy atom. The average molecular weight is 293 g/mol. The van der Waals surface area contributed by atoms with Gasteiger partial charge in [0.25, 0.3) is 0 Å². The summed E-state index contributed by atoms with van der Waals surface area (Å²) in [6, 6.07) is 12.6. The van der Waals surface area contributed by atoms with E-state index in [1.54, 1.807) is 18.3 Å². The second-order valence-corrected chi connectivity index (χ2v) is 4.99. The highest BCUT2D eigenvalue weighted by molar-refractivity contribution is 6.00. The SMILES string of the molecule is Cc1cccc2c(/C=N/Nc3ccc(C(=O)O)cc3)c[nH]c12. The Morgan fingerprint density at radius 3 is 2.73 bits per heavy atom. The smallest absolute Gasteiger partial charge is 0.335 e. The van der Waals surface area contributed by atoms with E-state index in [0.717, 1.165) is 22.2 Å². The van der Waals surface area contributed by atoms with Gasteiger partial charge in [0.2, 0.25) is 0 Å². The number of benzene rings is 2. The molecule has 110 valence electrons. The van der Waals surface area contributed by atoms with Crippen molar-refractivity contribution >= 4 is 28.8 Å². The number of aromatic amines is 1. The molecule has 0 saturated carbocycles. The van der Waals surface area contributed by atoms with Crippen LogP contribution in [-0.2, 0) is 0 Å². The molecule has 0 bridgehead atoms. The number of nitrogens with zero attached hydrogens (tertiary/aromatic N) is 1. The summed E-state index contributed by atoms with van der Waals surface area (Å²) in [4.78, 5) is 14.0. The molecule has 0 aliphatic heterocycles. The molecule has 0 unspecified atom stereocenters. The lowest BCUT2D eigenvalue weighted by molar-refractivity contribution is 0.0697. The van der Waals surface area contributed by atoms with Crippen molar-refractivity contribution in [3.05, 3.63) is 65.4 Å². The van der Waals surface area contributed by atoms with Crippen LogP contribution in [0.4, 0.5) is 5.69 Å². The molecule has 22 heavy (non-hydrogen) atoms. The van der Waals surface area contributed by atoms with Crippen LogP contribution < -0.4 is 5.43 Å². The molecular formula is C17H15N3O2. The first-order valence-electron chi connectivity index (χ1n) is 6.84. The zero-order valence-corrected chi connectivity index (χ0v) is 12.0. The van der Waals surface area contributed by atoms with E-state index >= 15 is 0 Å². The Hall–Kier alpha value is -3.08. The summed E-state index contributed by atoms with van der Waals surface area (Å²) in [6.07, 6.45) is 3.65. The molecule has 0 amide bonds. The summed E-state index contributed by atoms with van der Waals surface area (Å²) in [6.45, 7) is 2.06. The number of para-hydroxylation sites is 1. The molecule has 0 aliphatic carbocycles. The number of hydrazone groups is 1. The number of carboxylic acids is 1. The van der Waals surface area contributed by atoms with E-state index in [4.69, 9.17) is 5.11 Å². The van der Waals surface area contributed by atoms with Gasteiger partial charge in [-0.3, -0.25) is 5.43 Å². The number of nitrogens with one attached hydrogen (secondary N) is 2. The summed E-state index contributed by atoms with van der Waals surface area (Å²) in [7, 11) is 0. The van der Waals surface area contributed by atoms with Gasteiger partial charge in [-0.1, -0.05) is 18.2 Å². The molecule has 1 aromatic heterocycles. The van der Waals surface area contributed by atoms with Crippen molar-refractivity contribution < 1.29 is 9.90 Å². The lowest BCUT2D eigenvalue weighted by Crippen LogP contribution is -1.96. The summed E-state index contributed by atoms with van der Waals surface area (Å²) < 4.78 is 0. The molecule has 3 aromatic rings. The van der Waals surface area contributed by atoms with Gasteiger partial charge in [0.15, 0.2) is 0 Å². The van der Waals surface area contributed by atoms with Crippen LogP contribution in [0.3, 0.4) is 0 Å². The van der Waals surface area contributed by atoms with Gasteiger partial charge in [0, 0.05) is 22.7 Å². The van der Waals surface area contributed by atoms with Crippen LogP contribution in [0.15, 0.2) is 53.8 Å². The largest absolute Gasteiger partial charge is 0.478 e. The molecule has 0 aliphatic rings.